The molecule has 2 aromatic heterocycles. The van der Waals surface area contributed by atoms with Gasteiger partial charge in [0, 0.05) is 24.1 Å². The second kappa shape index (κ2) is 5.26. The summed E-state index contributed by atoms with van der Waals surface area (Å²) in [5.74, 6) is 1.47. The van der Waals surface area contributed by atoms with Gasteiger partial charge in [0.1, 0.15) is 11.6 Å². The lowest BCUT2D eigenvalue weighted by Crippen LogP contribution is -2.02. The van der Waals surface area contributed by atoms with Gasteiger partial charge in [0.05, 0.1) is 5.69 Å². The van der Waals surface area contributed by atoms with Crippen molar-refractivity contribution in [2.24, 2.45) is 0 Å². The molecule has 0 fully saturated rings. The Hall–Kier alpha value is -1.76. The van der Waals surface area contributed by atoms with Crippen molar-refractivity contribution in [2.45, 2.75) is 30.8 Å². The van der Waals surface area contributed by atoms with Gasteiger partial charge in [0.25, 0.3) is 0 Å². The van der Waals surface area contributed by atoms with Gasteiger partial charge in [-0.3, -0.25) is 4.68 Å². The molecule has 6 nitrogen and oxygen atoms in total. The summed E-state index contributed by atoms with van der Waals surface area (Å²) in [7, 11) is 0. The Morgan fingerprint density at radius 3 is 2.50 bits per heavy atom. The summed E-state index contributed by atoms with van der Waals surface area (Å²) in [5, 5.41) is 5.02. The van der Waals surface area contributed by atoms with Crippen LogP contribution in [0.2, 0.25) is 0 Å². The van der Waals surface area contributed by atoms with Gasteiger partial charge in [-0.25, -0.2) is 9.97 Å². The van der Waals surface area contributed by atoms with Gasteiger partial charge >= 0.3 is 0 Å². The van der Waals surface area contributed by atoms with E-state index in [4.69, 9.17) is 11.5 Å². The van der Waals surface area contributed by atoms with Crippen LogP contribution in [-0.4, -0.2) is 19.7 Å². The normalized spacial score (nSPS) is 11.1. The number of aromatic nitrogens is 4. The van der Waals surface area contributed by atoms with Crippen molar-refractivity contribution in [1.29, 1.82) is 0 Å². The number of hydrogen-bond donors (Lipinski definition) is 2. The van der Waals surface area contributed by atoms with Gasteiger partial charge < -0.3 is 11.5 Å². The summed E-state index contributed by atoms with van der Waals surface area (Å²) in [5.41, 5.74) is 12.2. The molecule has 0 aliphatic carbocycles. The molecule has 2 aromatic rings. The Kier molecular flexibility index (Phi) is 3.71. The van der Waals surface area contributed by atoms with Gasteiger partial charge in [0.15, 0.2) is 5.16 Å². The Balaban J connectivity index is 2.02. The van der Waals surface area contributed by atoms with Crippen molar-refractivity contribution in [3.05, 3.63) is 24.0 Å². The Morgan fingerprint density at radius 1 is 1.28 bits per heavy atom. The zero-order valence-electron chi connectivity index (χ0n) is 10.4. The van der Waals surface area contributed by atoms with E-state index < -0.39 is 0 Å². The maximum Gasteiger partial charge on any atom is 0.191 e. The topological polar surface area (TPSA) is 95.6 Å². The first kappa shape index (κ1) is 12.7. The number of nitrogens with two attached hydrogens (primary N) is 2. The summed E-state index contributed by atoms with van der Waals surface area (Å²) in [6, 6.07) is 3.89. The van der Waals surface area contributed by atoms with Crippen molar-refractivity contribution in [1.82, 2.24) is 19.7 Å². The number of rotatable bonds is 4. The fourth-order valence-corrected chi connectivity index (χ4v) is 2.18. The second-order valence-electron chi connectivity index (χ2n) is 4.17. The molecule has 7 heteroatoms. The third kappa shape index (κ3) is 3.13. The maximum atomic E-state index is 5.61. The molecule has 0 unspecified atom stereocenters. The summed E-state index contributed by atoms with van der Waals surface area (Å²) in [6.07, 6.45) is 1.97. The average molecular weight is 264 g/mol. The van der Waals surface area contributed by atoms with E-state index in [1.54, 1.807) is 0 Å². The highest BCUT2D eigenvalue weighted by atomic mass is 32.2. The molecule has 0 spiro atoms. The molecule has 0 amide bonds. The molecule has 0 bridgehead atoms. The number of nitrogens with zero attached hydrogens (tertiary/aromatic N) is 4. The molecule has 0 radical (unpaired) electrons. The van der Waals surface area contributed by atoms with Crippen molar-refractivity contribution in [2.75, 3.05) is 11.5 Å². The molecule has 18 heavy (non-hydrogen) atoms. The fourth-order valence-electron chi connectivity index (χ4n) is 1.41. The molecule has 4 N–H and O–H groups in total. The van der Waals surface area contributed by atoms with Crippen molar-refractivity contribution in [3.63, 3.8) is 0 Å². The molecule has 0 saturated carbocycles. The molecular formula is C11H16N6S. The zero-order valence-corrected chi connectivity index (χ0v) is 11.2. The van der Waals surface area contributed by atoms with E-state index in [0.717, 1.165) is 5.69 Å². The third-order valence-corrected chi connectivity index (χ3v) is 3.17. The third-order valence-electron chi connectivity index (χ3n) is 2.29. The predicted molar refractivity (Wildman–Crippen MR) is 73.0 cm³/mol. The SMILES string of the molecule is CC(C)n1ccc(CSc2nc(N)cc(N)n2)n1. The number of nitrogen functional groups attached to an aromatic ring is 2. The summed E-state index contributed by atoms with van der Waals surface area (Å²) in [6.45, 7) is 4.18. The van der Waals surface area contributed by atoms with E-state index in [-0.39, 0.29) is 0 Å². The number of anilines is 2. The van der Waals surface area contributed by atoms with Crippen molar-refractivity contribution < 1.29 is 0 Å². The molecule has 0 aliphatic heterocycles. The van der Waals surface area contributed by atoms with Gasteiger partial charge in [-0.1, -0.05) is 11.8 Å². The molecule has 0 atom stereocenters. The maximum absolute atomic E-state index is 5.61. The summed E-state index contributed by atoms with van der Waals surface area (Å²) in [4.78, 5) is 8.21. The van der Waals surface area contributed by atoms with Crippen LogP contribution in [0.5, 0.6) is 0 Å². The predicted octanol–water partition coefficient (Wildman–Crippen LogP) is 1.71. The fraction of sp³-hybridized carbons (Fsp3) is 0.364. The molecular weight excluding hydrogens is 248 g/mol. The van der Waals surface area contributed by atoms with E-state index in [1.165, 1.54) is 17.8 Å². The van der Waals surface area contributed by atoms with Crippen LogP contribution < -0.4 is 11.5 Å². The van der Waals surface area contributed by atoms with E-state index in [9.17, 15) is 0 Å². The van der Waals surface area contributed by atoms with Gasteiger partial charge in [-0.05, 0) is 19.9 Å². The Morgan fingerprint density at radius 2 is 1.94 bits per heavy atom. The molecule has 2 rings (SSSR count). The van der Waals surface area contributed by atoms with Crippen LogP contribution in [-0.2, 0) is 5.75 Å². The minimum absolute atomic E-state index is 0.364. The Bertz CT molecular complexity index is 516. The van der Waals surface area contributed by atoms with E-state index in [1.807, 2.05) is 16.9 Å². The van der Waals surface area contributed by atoms with E-state index >= 15 is 0 Å². The van der Waals surface area contributed by atoms with Crippen LogP contribution >= 0.6 is 11.8 Å². The first-order chi connectivity index (χ1) is 8.54. The lowest BCUT2D eigenvalue weighted by Gasteiger charge is -2.04. The van der Waals surface area contributed by atoms with Gasteiger partial charge in [-0.2, -0.15) is 5.10 Å². The summed E-state index contributed by atoms with van der Waals surface area (Å²) < 4.78 is 1.92. The van der Waals surface area contributed by atoms with Crippen molar-refractivity contribution in [3.8, 4) is 0 Å². The van der Waals surface area contributed by atoms with Crippen LogP contribution in [0.4, 0.5) is 11.6 Å². The lowest BCUT2D eigenvalue weighted by atomic mass is 10.4. The largest absolute Gasteiger partial charge is 0.383 e. The first-order valence-electron chi connectivity index (χ1n) is 5.61. The highest BCUT2D eigenvalue weighted by Gasteiger charge is 2.05. The molecule has 96 valence electrons. The first-order valence-corrected chi connectivity index (χ1v) is 6.60. The second-order valence-corrected chi connectivity index (χ2v) is 5.11. The molecule has 0 aliphatic rings. The van der Waals surface area contributed by atoms with Crippen LogP contribution in [0, 0.1) is 0 Å². The smallest absolute Gasteiger partial charge is 0.191 e. The van der Waals surface area contributed by atoms with E-state index in [0.29, 0.717) is 28.6 Å². The minimum atomic E-state index is 0.364. The Labute approximate surface area is 110 Å². The monoisotopic (exact) mass is 264 g/mol. The van der Waals surface area contributed by atoms with Crippen molar-refractivity contribution >= 4 is 23.4 Å². The molecule has 2 heterocycles. The highest BCUT2D eigenvalue weighted by Crippen LogP contribution is 2.20. The quantitative estimate of drug-likeness (QED) is 0.644. The minimum Gasteiger partial charge on any atom is -0.383 e. The number of thioether (sulfide) groups is 1. The average Bonchev–Trinajstić information content (AvgIpc) is 2.73. The van der Waals surface area contributed by atoms with Crippen LogP contribution in [0.15, 0.2) is 23.5 Å². The van der Waals surface area contributed by atoms with Crippen LogP contribution in [0.1, 0.15) is 25.6 Å². The van der Waals surface area contributed by atoms with Crippen LogP contribution in [0.25, 0.3) is 0 Å². The van der Waals surface area contributed by atoms with Crippen LogP contribution in [0.3, 0.4) is 0 Å². The zero-order chi connectivity index (χ0) is 13.1. The summed E-state index contributed by atoms with van der Waals surface area (Å²) >= 11 is 1.47. The highest BCUT2D eigenvalue weighted by molar-refractivity contribution is 7.98. The van der Waals surface area contributed by atoms with E-state index in [2.05, 4.69) is 28.9 Å². The van der Waals surface area contributed by atoms with Gasteiger partial charge in [0.2, 0.25) is 0 Å². The number of hydrogen-bond acceptors (Lipinski definition) is 6. The molecule has 0 aromatic carbocycles. The molecule has 0 saturated heterocycles. The standard InChI is InChI=1S/C11H16N6S/c1-7(2)17-4-3-8(16-17)6-18-11-14-9(12)5-10(13)15-11/h3-5,7H,6H2,1-2H3,(H4,12,13,14,15). The lowest BCUT2D eigenvalue weighted by molar-refractivity contribution is 0.529. The van der Waals surface area contributed by atoms with Gasteiger partial charge in [-0.15, -0.1) is 0 Å².